The van der Waals surface area contributed by atoms with Crippen LogP contribution in [0.1, 0.15) is 0 Å². The molecular formula is C14H10FN3. The van der Waals surface area contributed by atoms with Gasteiger partial charge in [0.1, 0.15) is 11.6 Å². The number of pyridine rings is 2. The highest BCUT2D eigenvalue weighted by atomic mass is 19.1. The molecule has 0 amide bonds. The molecule has 1 aromatic carbocycles. The minimum Gasteiger partial charge on any atom is -0.383 e. The minimum atomic E-state index is -0.311. The van der Waals surface area contributed by atoms with Crippen LogP contribution in [0.3, 0.4) is 0 Å². The van der Waals surface area contributed by atoms with Gasteiger partial charge in [0.2, 0.25) is 0 Å². The summed E-state index contributed by atoms with van der Waals surface area (Å²) in [4.78, 5) is 8.31. The molecule has 2 aromatic heterocycles. The Hall–Kier alpha value is -2.49. The molecule has 3 nitrogen and oxygen atoms in total. The third-order valence-corrected chi connectivity index (χ3v) is 2.78. The average Bonchev–Trinajstić information content (AvgIpc) is 2.39. The standard InChI is InChI=1S/C14H10FN3/c15-12-6-2-1-5-10(12)11-8-9-4-3-7-17-14(9)18-13(11)16/h1-8H,(H2,16,17,18). The molecule has 2 heterocycles. The number of aromatic nitrogens is 2. The van der Waals surface area contributed by atoms with Gasteiger partial charge in [-0.05, 0) is 24.3 Å². The van der Waals surface area contributed by atoms with E-state index in [4.69, 9.17) is 5.73 Å². The van der Waals surface area contributed by atoms with Gasteiger partial charge in [0.05, 0.1) is 0 Å². The summed E-state index contributed by atoms with van der Waals surface area (Å²) in [5, 5.41) is 0.838. The van der Waals surface area contributed by atoms with Crippen LogP contribution in [0, 0.1) is 5.82 Å². The molecule has 88 valence electrons. The molecule has 0 aliphatic carbocycles. The van der Waals surface area contributed by atoms with Gasteiger partial charge in [-0.2, -0.15) is 0 Å². The molecule has 18 heavy (non-hydrogen) atoms. The number of nitrogen functional groups attached to an aromatic ring is 1. The number of hydrogen-bond acceptors (Lipinski definition) is 3. The largest absolute Gasteiger partial charge is 0.383 e. The normalized spacial score (nSPS) is 10.7. The highest BCUT2D eigenvalue weighted by molar-refractivity contribution is 5.86. The Morgan fingerprint density at radius 2 is 1.83 bits per heavy atom. The van der Waals surface area contributed by atoms with Gasteiger partial charge in [-0.3, -0.25) is 0 Å². The highest BCUT2D eigenvalue weighted by Gasteiger charge is 2.10. The van der Waals surface area contributed by atoms with Crippen LogP contribution in [0.5, 0.6) is 0 Å². The first-order valence-corrected chi connectivity index (χ1v) is 5.52. The molecule has 0 aliphatic rings. The molecule has 4 heteroatoms. The van der Waals surface area contributed by atoms with Crippen LogP contribution >= 0.6 is 0 Å². The molecule has 0 unspecified atom stereocenters. The van der Waals surface area contributed by atoms with Crippen molar-refractivity contribution in [2.24, 2.45) is 0 Å². The second-order valence-corrected chi connectivity index (χ2v) is 3.95. The zero-order chi connectivity index (χ0) is 12.5. The van der Waals surface area contributed by atoms with Crippen LogP contribution in [-0.4, -0.2) is 9.97 Å². The van der Waals surface area contributed by atoms with Crippen molar-refractivity contribution in [1.82, 2.24) is 9.97 Å². The van der Waals surface area contributed by atoms with Gasteiger partial charge in [-0.1, -0.05) is 18.2 Å². The van der Waals surface area contributed by atoms with Gasteiger partial charge in [0.25, 0.3) is 0 Å². The van der Waals surface area contributed by atoms with Crippen LogP contribution in [0.4, 0.5) is 10.2 Å². The van der Waals surface area contributed by atoms with E-state index < -0.39 is 0 Å². The number of benzene rings is 1. The molecule has 3 aromatic rings. The highest BCUT2D eigenvalue weighted by Crippen LogP contribution is 2.29. The molecule has 3 rings (SSSR count). The van der Waals surface area contributed by atoms with E-state index in [1.54, 1.807) is 24.4 Å². The smallest absolute Gasteiger partial charge is 0.161 e. The second-order valence-electron chi connectivity index (χ2n) is 3.95. The summed E-state index contributed by atoms with van der Waals surface area (Å²) >= 11 is 0. The Morgan fingerprint density at radius 3 is 2.67 bits per heavy atom. The number of fused-ring (bicyclic) bond motifs is 1. The van der Waals surface area contributed by atoms with Gasteiger partial charge in [0, 0.05) is 22.7 Å². The third-order valence-electron chi connectivity index (χ3n) is 2.78. The summed E-state index contributed by atoms with van der Waals surface area (Å²) < 4.78 is 13.8. The molecule has 0 saturated carbocycles. The van der Waals surface area contributed by atoms with Gasteiger partial charge >= 0.3 is 0 Å². The van der Waals surface area contributed by atoms with E-state index >= 15 is 0 Å². The number of hydrogen-bond donors (Lipinski definition) is 1. The fourth-order valence-corrected chi connectivity index (χ4v) is 1.91. The van der Waals surface area contributed by atoms with Crippen LogP contribution < -0.4 is 5.73 Å². The van der Waals surface area contributed by atoms with Gasteiger partial charge in [-0.25, -0.2) is 14.4 Å². The maximum atomic E-state index is 13.8. The first-order chi connectivity index (χ1) is 8.75. The predicted octanol–water partition coefficient (Wildman–Crippen LogP) is 3.02. The Kier molecular flexibility index (Phi) is 2.41. The maximum absolute atomic E-state index is 13.8. The number of nitrogens with zero attached hydrogens (tertiary/aromatic N) is 2. The Morgan fingerprint density at radius 1 is 1.00 bits per heavy atom. The molecular weight excluding hydrogens is 229 g/mol. The summed E-state index contributed by atoms with van der Waals surface area (Å²) in [7, 11) is 0. The zero-order valence-electron chi connectivity index (χ0n) is 9.47. The summed E-state index contributed by atoms with van der Waals surface area (Å²) in [6.07, 6.45) is 1.65. The monoisotopic (exact) mass is 239 g/mol. The number of nitrogens with two attached hydrogens (primary N) is 1. The quantitative estimate of drug-likeness (QED) is 0.710. The lowest BCUT2D eigenvalue weighted by Gasteiger charge is -2.07. The fourth-order valence-electron chi connectivity index (χ4n) is 1.91. The topological polar surface area (TPSA) is 51.8 Å². The van der Waals surface area contributed by atoms with Crippen LogP contribution in [0.25, 0.3) is 22.2 Å². The van der Waals surface area contributed by atoms with E-state index in [2.05, 4.69) is 9.97 Å². The molecule has 2 N–H and O–H groups in total. The predicted molar refractivity (Wildman–Crippen MR) is 69.3 cm³/mol. The van der Waals surface area contributed by atoms with Crippen LogP contribution in [0.2, 0.25) is 0 Å². The summed E-state index contributed by atoms with van der Waals surface area (Å²) in [6, 6.07) is 12.0. The van der Waals surface area contributed by atoms with Crippen LogP contribution in [0.15, 0.2) is 48.7 Å². The van der Waals surface area contributed by atoms with E-state index in [0.717, 1.165) is 5.39 Å². The molecule has 0 bridgehead atoms. The van der Waals surface area contributed by atoms with Crippen LogP contribution in [-0.2, 0) is 0 Å². The average molecular weight is 239 g/mol. The van der Waals surface area contributed by atoms with E-state index in [1.807, 2.05) is 18.2 Å². The lowest BCUT2D eigenvalue weighted by molar-refractivity contribution is 0.631. The Labute approximate surface area is 103 Å². The lowest BCUT2D eigenvalue weighted by Crippen LogP contribution is -1.97. The summed E-state index contributed by atoms with van der Waals surface area (Å²) in [5.74, 6) is -0.0273. The third kappa shape index (κ3) is 1.68. The zero-order valence-corrected chi connectivity index (χ0v) is 9.47. The molecule has 0 radical (unpaired) electrons. The fraction of sp³-hybridized carbons (Fsp3) is 0. The maximum Gasteiger partial charge on any atom is 0.161 e. The van der Waals surface area contributed by atoms with E-state index in [9.17, 15) is 4.39 Å². The van der Waals surface area contributed by atoms with Crippen molar-refractivity contribution in [2.75, 3.05) is 5.73 Å². The van der Waals surface area contributed by atoms with Crippen molar-refractivity contribution < 1.29 is 4.39 Å². The van der Waals surface area contributed by atoms with Crippen molar-refractivity contribution in [3.05, 3.63) is 54.5 Å². The Balaban J connectivity index is 2.30. The van der Waals surface area contributed by atoms with E-state index in [0.29, 0.717) is 16.8 Å². The first-order valence-electron chi connectivity index (χ1n) is 5.52. The van der Waals surface area contributed by atoms with E-state index in [1.165, 1.54) is 6.07 Å². The van der Waals surface area contributed by atoms with Crippen molar-refractivity contribution in [3.8, 4) is 11.1 Å². The van der Waals surface area contributed by atoms with Crippen molar-refractivity contribution in [2.45, 2.75) is 0 Å². The minimum absolute atomic E-state index is 0.284. The molecule has 0 aliphatic heterocycles. The number of rotatable bonds is 1. The summed E-state index contributed by atoms with van der Waals surface area (Å²) in [5.41, 5.74) is 7.48. The van der Waals surface area contributed by atoms with Crippen molar-refractivity contribution in [1.29, 1.82) is 0 Å². The molecule has 0 spiro atoms. The molecule has 0 atom stereocenters. The SMILES string of the molecule is Nc1nc2ncccc2cc1-c1ccccc1F. The van der Waals surface area contributed by atoms with Gasteiger partial charge in [-0.15, -0.1) is 0 Å². The number of halogens is 1. The lowest BCUT2D eigenvalue weighted by atomic mass is 10.0. The van der Waals surface area contributed by atoms with Crippen molar-refractivity contribution >= 4 is 16.9 Å². The first kappa shape index (κ1) is 10.7. The second kappa shape index (κ2) is 4.07. The Bertz CT molecular complexity index is 725. The number of anilines is 1. The summed E-state index contributed by atoms with van der Waals surface area (Å²) in [6.45, 7) is 0. The van der Waals surface area contributed by atoms with E-state index in [-0.39, 0.29) is 11.6 Å². The molecule has 0 fully saturated rings. The molecule has 0 saturated heterocycles. The van der Waals surface area contributed by atoms with Gasteiger partial charge in [0.15, 0.2) is 5.65 Å². The van der Waals surface area contributed by atoms with Gasteiger partial charge < -0.3 is 5.73 Å². The van der Waals surface area contributed by atoms with Crippen molar-refractivity contribution in [3.63, 3.8) is 0 Å².